The Bertz CT molecular complexity index is 265. The summed E-state index contributed by atoms with van der Waals surface area (Å²) in [5.41, 5.74) is 0.196. The fourth-order valence-electron chi connectivity index (χ4n) is 0.812. The number of nitrogens with zero attached hydrogens (tertiary/aromatic N) is 1. The molecule has 64 valence electrons. The highest BCUT2D eigenvalue weighted by molar-refractivity contribution is 5.87. The van der Waals surface area contributed by atoms with Crippen LogP contribution in [-0.2, 0) is 9.47 Å². The van der Waals surface area contributed by atoms with Gasteiger partial charge in [-0.2, -0.15) is 0 Å². The second-order valence-corrected chi connectivity index (χ2v) is 2.45. The second kappa shape index (κ2) is 2.94. The third-order valence-corrected chi connectivity index (χ3v) is 1.53. The highest BCUT2D eigenvalue weighted by Gasteiger charge is 2.24. The van der Waals surface area contributed by atoms with Gasteiger partial charge in [-0.05, 0) is 0 Å². The summed E-state index contributed by atoms with van der Waals surface area (Å²) in [5, 5.41) is 3.44. The van der Waals surface area contributed by atoms with Crippen molar-refractivity contribution in [2.45, 2.75) is 6.10 Å². The van der Waals surface area contributed by atoms with Crippen molar-refractivity contribution in [2.75, 3.05) is 13.2 Å². The van der Waals surface area contributed by atoms with E-state index in [1.807, 2.05) is 0 Å². The molecule has 2 heterocycles. The smallest absolute Gasteiger partial charge is 0.360 e. The van der Waals surface area contributed by atoms with Crippen molar-refractivity contribution in [3.8, 4) is 0 Å². The summed E-state index contributed by atoms with van der Waals surface area (Å²) in [7, 11) is 0. The maximum Gasteiger partial charge on any atom is 0.360 e. The average molecular weight is 169 g/mol. The van der Waals surface area contributed by atoms with Crippen LogP contribution in [0, 0.1) is 0 Å². The summed E-state index contributed by atoms with van der Waals surface area (Å²) in [6, 6.07) is 1.46. The van der Waals surface area contributed by atoms with Crippen LogP contribution in [0.25, 0.3) is 0 Å². The van der Waals surface area contributed by atoms with Gasteiger partial charge in [0.15, 0.2) is 5.69 Å². The van der Waals surface area contributed by atoms with Crippen LogP contribution in [-0.4, -0.2) is 30.4 Å². The number of ether oxygens (including phenoxy) is 2. The third kappa shape index (κ3) is 1.31. The largest absolute Gasteiger partial charge is 0.453 e. The minimum Gasteiger partial charge on any atom is -0.453 e. The predicted molar refractivity (Wildman–Crippen MR) is 36.5 cm³/mol. The van der Waals surface area contributed by atoms with Gasteiger partial charge in [0.05, 0.1) is 13.2 Å². The van der Waals surface area contributed by atoms with Crippen LogP contribution in [0.4, 0.5) is 0 Å². The molecule has 0 aromatic carbocycles. The minimum absolute atomic E-state index is 0.116. The quantitative estimate of drug-likeness (QED) is 0.593. The van der Waals surface area contributed by atoms with E-state index in [1.54, 1.807) is 0 Å². The Morgan fingerprint density at radius 2 is 2.50 bits per heavy atom. The SMILES string of the molecule is O=C(OC1COC1)c1ccon1. The van der Waals surface area contributed by atoms with Crippen LogP contribution in [0.5, 0.6) is 0 Å². The van der Waals surface area contributed by atoms with E-state index in [1.165, 1.54) is 12.3 Å². The molecular weight excluding hydrogens is 162 g/mol. The Kier molecular flexibility index (Phi) is 1.79. The Morgan fingerprint density at radius 3 is 3.00 bits per heavy atom. The van der Waals surface area contributed by atoms with Crippen molar-refractivity contribution in [3.05, 3.63) is 18.0 Å². The van der Waals surface area contributed by atoms with Gasteiger partial charge in [0.1, 0.15) is 12.4 Å². The van der Waals surface area contributed by atoms with Crippen molar-refractivity contribution in [1.82, 2.24) is 5.16 Å². The number of hydrogen-bond acceptors (Lipinski definition) is 5. The Hall–Kier alpha value is -1.36. The summed E-state index contributed by atoms with van der Waals surface area (Å²) < 4.78 is 14.3. The van der Waals surface area contributed by atoms with Gasteiger partial charge in [-0.1, -0.05) is 5.16 Å². The molecular formula is C7H7NO4. The van der Waals surface area contributed by atoms with Crippen LogP contribution in [0.3, 0.4) is 0 Å². The van der Waals surface area contributed by atoms with E-state index >= 15 is 0 Å². The Labute approximate surface area is 68.2 Å². The maximum atomic E-state index is 11.1. The van der Waals surface area contributed by atoms with E-state index in [4.69, 9.17) is 9.47 Å². The number of hydrogen-bond donors (Lipinski definition) is 0. The lowest BCUT2D eigenvalue weighted by molar-refractivity contribution is -0.103. The molecule has 0 amide bonds. The lowest BCUT2D eigenvalue weighted by atomic mass is 10.3. The van der Waals surface area contributed by atoms with E-state index in [0.717, 1.165) is 0 Å². The molecule has 1 aliphatic rings. The first-order valence-electron chi connectivity index (χ1n) is 3.55. The molecule has 1 aromatic rings. The fourth-order valence-corrected chi connectivity index (χ4v) is 0.812. The zero-order chi connectivity index (χ0) is 8.39. The molecule has 5 nitrogen and oxygen atoms in total. The zero-order valence-electron chi connectivity index (χ0n) is 6.23. The molecule has 0 radical (unpaired) electrons. The van der Waals surface area contributed by atoms with Gasteiger partial charge < -0.3 is 14.0 Å². The van der Waals surface area contributed by atoms with Gasteiger partial charge in [-0.15, -0.1) is 0 Å². The standard InChI is InChI=1S/C7H7NO4/c9-7(6-1-2-11-8-6)12-5-3-10-4-5/h1-2,5H,3-4H2. The monoisotopic (exact) mass is 169 g/mol. The summed E-state index contributed by atoms with van der Waals surface area (Å²) in [6.07, 6.45) is 1.21. The molecule has 1 saturated heterocycles. The minimum atomic E-state index is -0.461. The highest BCUT2D eigenvalue weighted by atomic mass is 16.6. The van der Waals surface area contributed by atoms with Crippen LogP contribution < -0.4 is 0 Å². The highest BCUT2D eigenvalue weighted by Crippen LogP contribution is 2.08. The summed E-state index contributed by atoms with van der Waals surface area (Å²) in [4.78, 5) is 11.1. The molecule has 2 rings (SSSR count). The molecule has 12 heavy (non-hydrogen) atoms. The molecule has 1 aromatic heterocycles. The number of carbonyl (C=O) groups excluding carboxylic acids is 1. The molecule has 0 N–H and O–H groups in total. The first-order valence-corrected chi connectivity index (χ1v) is 3.55. The second-order valence-electron chi connectivity index (χ2n) is 2.45. The molecule has 1 aliphatic heterocycles. The summed E-state index contributed by atoms with van der Waals surface area (Å²) in [5.74, 6) is -0.461. The predicted octanol–water partition coefficient (Wildman–Crippen LogP) is 0.230. The molecule has 5 heteroatoms. The van der Waals surface area contributed by atoms with Gasteiger partial charge >= 0.3 is 5.97 Å². The summed E-state index contributed by atoms with van der Waals surface area (Å²) in [6.45, 7) is 0.952. The first-order chi connectivity index (χ1) is 5.86. The van der Waals surface area contributed by atoms with Crippen LogP contribution in [0.15, 0.2) is 16.9 Å². The molecule has 0 bridgehead atoms. The van der Waals surface area contributed by atoms with Gasteiger partial charge in [-0.3, -0.25) is 0 Å². The lowest BCUT2D eigenvalue weighted by Gasteiger charge is -2.24. The topological polar surface area (TPSA) is 61.6 Å². The molecule has 0 aliphatic carbocycles. The maximum absolute atomic E-state index is 11.1. The first kappa shape index (κ1) is 7.30. The average Bonchev–Trinajstić information content (AvgIpc) is 2.47. The van der Waals surface area contributed by atoms with Crippen molar-refractivity contribution >= 4 is 5.97 Å². The molecule has 0 saturated carbocycles. The third-order valence-electron chi connectivity index (χ3n) is 1.53. The number of rotatable bonds is 2. The normalized spacial score (nSPS) is 17.0. The van der Waals surface area contributed by atoms with Gasteiger partial charge in [0.25, 0.3) is 0 Å². The number of esters is 1. The van der Waals surface area contributed by atoms with Crippen molar-refractivity contribution in [3.63, 3.8) is 0 Å². The lowest BCUT2D eigenvalue weighted by Crippen LogP contribution is -2.37. The van der Waals surface area contributed by atoms with Gasteiger partial charge in [0.2, 0.25) is 0 Å². The van der Waals surface area contributed by atoms with E-state index in [9.17, 15) is 4.79 Å². The van der Waals surface area contributed by atoms with Gasteiger partial charge in [-0.25, -0.2) is 4.79 Å². The van der Waals surface area contributed by atoms with E-state index in [2.05, 4.69) is 9.68 Å². The summed E-state index contributed by atoms with van der Waals surface area (Å²) >= 11 is 0. The van der Waals surface area contributed by atoms with Crippen LogP contribution in [0.1, 0.15) is 10.5 Å². The number of carbonyl (C=O) groups is 1. The van der Waals surface area contributed by atoms with E-state index in [0.29, 0.717) is 13.2 Å². The van der Waals surface area contributed by atoms with Crippen LogP contribution >= 0.6 is 0 Å². The molecule has 0 atom stereocenters. The van der Waals surface area contributed by atoms with Crippen molar-refractivity contribution in [2.24, 2.45) is 0 Å². The zero-order valence-corrected chi connectivity index (χ0v) is 6.23. The molecule has 0 unspecified atom stereocenters. The Morgan fingerprint density at radius 1 is 1.67 bits per heavy atom. The fraction of sp³-hybridized carbons (Fsp3) is 0.429. The van der Waals surface area contributed by atoms with Crippen molar-refractivity contribution in [1.29, 1.82) is 0 Å². The van der Waals surface area contributed by atoms with E-state index < -0.39 is 5.97 Å². The Balaban J connectivity index is 1.92. The van der Waals surface area contributed by atoms with Gasteiger partial charge in [0, 0.05) is 6.07 Å². The number of aromatic nitrogens is 1. The molecule has 0 spiro atoms. The van der Waals surface area contributed by atoms with E-state index in [-0.39, 0.29) is 11.8 Å². The molecule has 1 fully saturated rings. The van der Waals surface area contributed by atoms with Crippen molar-refractivity contribution < 1.29 is 18.8 Å². The van der Waals surface area contributed by atoms with Crippen LogP contribution in [0.2, 0.25) is 0 Å².